The Morgan fingerprint density at radius 2 is 2.18 bits per heavy atom. The lowest BCUT2D eigenvalue weighted by Crippen LogP contribution is -2.34. The van der Waals surface area contributed by atoms with Crippen molar-refractivity contribution >= 4 is 7.69 Å². The molecule has 0 rings (SSSR count). The molecule has 0 fully saturated rings. The highest BCUT2D eigenvalue weighted by molar-refractivity contribution is 6.15. The number of aliphatic hydroxyl groups excluding tert-OH is 1. The average Bonchev–Trinajstić information content (AvgIpc) is 1.81. The van der Waals surface area contributed by atoms with Gasteiger partial charge in [0.2, 0.25) is 0 Å². The van der Waals surface area contributed by atoms with Crippen molar-refractivity contribution in [2.75, 3.05) is 6.61 Å². The maximum absolute atomic E-state index is 9.40. The molecule has 0 spiro atoms. The van der Waals surface area contributed by atoms with Gasteiger partial charge in [0.15, 0.2) is 0 Å². The molecule has 65 valence electrons. The van der Waals surface area contributed by atoms with Crippen LogP contribution in [0.15, 0.2) is 0 Å². The lowest BCUT2D eigenvalue weighted by molar-refractivity contribution is -0.0273. The first-order valence-electron chi connectivity index (χ1n) is 3.46. The molecule has 0 bridgehead atoms. The summed E-state index contributed by atoms with van der Waals surface area (Å²) in [5.41, 5.74) is -1.09. The van der Waals surface area contributed by atoms with Crippen LogP contribution in [0.25, 0.3) is 0 Å². The van der Waals surface area contributed by atoms with E-state index in [9.17, 15) is 5.11 Å². The van der Waals surface area contributed by atoms with Gasteiger partial charge in [-0.15, -0.1) is 0 Å². The average molecular weight is 161 g/mol. The van der Waals surface area contributed by atoms with Gasteiger partial charge >= 0.3 is 7.69 Å². The predicted octanol–water partition coefficient (Wildman–Crippen LogP) is -0.949. The van der Waals surface area contributed by atoms with E-state index in [0.29, 0.717) is 7.69 Å². The maximum atomic E-state index is 9.40. The number of hydrogen-bond acceptors (Lipinski definition) is 4. The highest BCUT2D eigenvalue weighted by atomic mass is 16.5. The van der Waals surface area contributed by atoms with Gasteiger partial charge in [-0.25, -0.2) is 0 Å². The Morgan fingerprint density at radius 1 is 1.64 bits per heavy atom. The molecule has 2 atom stereocenters. The van der Waals surface area contributed by atoms with Gasteiger partial charge in [-0.3, -0.25) is 0 Å². The zero-order chi connectivity index (χ0) is 8.91. The molecule has 3 N–H and O–H groups in total. The van der Waals surface area contributed by atoms with Gasteiger partial charge in [0.05, 0.1) is 18.3 Å². The minimum Gasteiger partial charge on any atom is -0.429 e. The van der Waals surface area contributed by atoms with E-state index in [-0.39, 0.29) is 13.0 Å². The molecule has 0 aliphatic heterocycles. The molecular formula is C6H14BO4. The fraction of sp³-hybridized carbons (Fsp3) is 1.00. The first-order valence-corrected chi connectivity index (χ1v) is 3.46. The van der Waals surface area contributed by atoms with Crippen LogP contribution in [0.4, 0.5) is 0 Å². The Hall–Kier alpha value is -0.0951. The number of rotatable bonds is 5. The van der Waals surface area contributed by atoms with Crippen molar-refractivity contribution in [3.63, 3.8) is 0 Å². The summed E-state index contributed by atoms with van der Waals surface area (Å²) >= 11 is 0. The summed E-state index contributed by atoms with van der Waals surface area (Å²) < 4.78 is 4.47. The Morgan fingerprint density at radius 3 is 2.55 bits per heavy atom. The van der Waals surface area contributed by atoms with E-state index >= 15 is 0 Å². The highest BCUT2D eigenvalue weighted by Gasteiger charge is 2.22. The molecular weight excluding hydrogens is 147 g/mol. The third kappa shape index (κ3) is 6.31. The largest absolute Gasteiger partial charge is 0.485 e. The van der Waals surface area contributed by atoms with Gasteiger partial charge in [-0.1, -0.05) is 0 Å². The molecule has 0 aliphatic rings. The van der Waals surface area contributed by atoms with E-state index in [1.165, 1.54) is 6.92 Å². The van der Waals surface area contributed by atoms with Crippen molar-refractivity contribution in [1.29, 1.82) is 0 Å². The van der Waals surface area contributed by atoms with Crippen molar-refractivity contribution in [1.82, 2.24) is 0 Å². The van der Waals surface area contributed by atoms with Gasteiger partial charge in [0.25, 0.3) is 0 Å². The SMILES string of the molecule is CC(O)CC(C)(O)CO[B]O. The molecule has 11 heavy (non-hydrogen) atoms. The van der Waals surface area contributed by atoms with Crippen LogP contribution in [0.2, 0.25) is 0 Å². The molecule has 0 aromatic heterocycles. The maximum Gasteiger partial charge on any atom is 0.485 e. The number of aliphatic hydroxyl groups is 2. The molecule has 0 saturated heterocycles. The first kappa shape index (κ1) is 10.9. The van der Waals surface area contributed by atoms with Crippen molar-refractivity contribution in [2.45, 2.75) is 32.0 Å². The van der Waals surface area contributed by atoms with Gasteiger partial charge in [0, 0.05) is 6.42 Å². The van der Waals surface area contributed by atoms with Crippen LogP contribution in [0.1, 0.15) is 20.3 Å². The Bertz CT molecular complexity index is 105. The summed E-state index contributed by atoms with van der Waals surface area (Å²) in [4.78, 5) is 0. The Kier molecular flexibility index (Phi) is 4.68. The van der Waals surface area contributed by atoms with Crippen LogP contribution in [-0.2, 0) is 4.65 Å². The molecule has 4 nitrogen and oxygen atoms in total. The van der Waals surface area contributed by atoms with Crippen molar-refractivity contribution < 1.29 is 19.9 Å². The molecule has 1 radical (unpaired) electrons. The van der Waals surface area contributed by atoms with Gasteiger partial charge in [-0.05, 0) is 13.8 Å². The third-order valence-electron chi connectivity index (χ3n) is 1.20. The van der Waals surface area contributed by atoms with E-state index in [1.54, 1.807) is 6.92 Å². The highest BCUT2D eigenvalue weighted by Crippen LogP contribution is 2.11. The van der Waals surface area contributed by atoms with Crippen LogP contribution in [-0.4, -0.2) is 41.2 Å². The van der Waals surface area contributed by atoms with E-state index < -0.39 is 11.7 Å². The zero-order valence-electron chi connectivity index (χ0n) is 6.82. The van der Waals surface area contributed by atoms with E-state index in [4.69, 9.17) is 10.1 Å². The topological polar surface area (TPSA) is 69.9 Å². The minimum atomic E-state index is -1.09. The van der Waals surface area contributed by atoms with E-state index in [1.807, 2.05) is 0 Å². The standard InChI is InChI=1S/C6H14BO4/c1-5(8)3-6(2,9)4-11-7-10/h5,8-10H,3-4H2,1-2H3. The third-order valence-corrected chi connectivity index (χ3v) is 1.20. The molecule has 0 amide bonds. The second-order valence-electron chi connectivity index (χ2n) is 2.97. The smallest absolute Gasteiger partial charge is 0.429 e. The van der Waals surface area contributed by atoms with E-state index in [0.717, 1.165) is 0 Å². The molecule has 0 saturated carbocycles. The van der Waals surface area contributed by atoms with Crippen molar-refractivity contribution in [3.8, 4) is 0 Å². The molecule has 5 heteroatoms. The summed E-state index contributed by atoms with van der Waals surface area (Å²) in [5.74, 6) is 0. The fourth-order valence-electron chi connectivity index (χ4n) is 0.912. The second-order valence-corrected chi connectivity index (χ2v) is 2.97. The van der Waals surface area contributed by atoms with Crippen LogP contribution in [0.5, 0.6) is 0 Å². The normalized spacial score (nSPS) is 19.0. The molecule has 0 heterocycles. The lowest BCUT2D eigenvalue weighted by Gasteiger charge is -2.23. The van der Waals surface area contributed by atoms with Crippen molar-refractivity contribution in [3.05, 3.63) is 0 Å². The van der Waals surface area contributed by atoms with Crippen LogP contribution in [0.3, 0.4) is 0 Å². The predicted molar refractivity (Wildman–Crippen MR) is 40.8 cm³/mol. The van der Waals surface area contributed by atoms with Crippen LogP contribution < -0.4 is 0 Å². The quantitative estimate of drug-likeness (QED) is 0.454. The van der Waals surface area contributed by atoms with Gasteiger partial charge < -0.3 is 19.9 Å². The Labute approximate surface area is 67.1 Å². The first-order chi connectivity index (χ1) is 4.98. The second kappa shape index (κ2) is 4.72. The van der Waals surface area contributed by atoms with E-state index in [2.05, 4.69) is 4.65 Å². The van der Waals surface area contributed by atoms with Crippen LogP contribution in [0, 0.1) is 0 Å². The summed E-state index contributed by atoms with van der Waals surface area (Å²) in [6.07, 6.45) is -0.354. The van der Waals surface area contributed by atoms with Gasteiger partial charge in [0.1, 0.15) is 0 Å². The molecule has 0 aromatic carbocycles. The molecule has 0 aliphatic carbocycles. The lowest BCUT2D eigenvalue weighted by atomic mass is 10.0. The summed E-state index contributed by atoms with van der Waals surface area (Å²) in [7, 11) is 0.524. The van der Waals surface area contributed by atoms with Gasteiger partial charge in [-0.2, -0.15) is 0 Å². The molecule has 2 unspecified atom stereocenters. The minimum absolute atomic E-state index is 0.0194. The molecule has 0 aromatic rings. The summed E-state index contributed by atoms with van der Waals surface area (Å²) in [5, 5.41) is 26.4. The summed E-state index contributed by atoms with van der Waals surface area (Å²) in [6, 6.07) is 0. The zero-order valence-corrected chi connectivity index (χ0v) is 6.82. The van der Waals surface area contributed by atoms with Crippen molar-refractivity contribution in [2.24, 2.45) is 0 Å². The van der Waals surface area contributed by atoms with Crippen LogP contribution >= 0.6 is 0 Å². The number of hydrogen-bond donors (Lipinski definition) is 3. The summed E-state index contributed by atoms with van der Waals surface area (Å²) in [6.45, 7) is 3.09. The fourth-order valence-corrected chi connectivity index (χ4v) is 0.912. The Balaban J connectivity index is 3.61. The monoisotopic (exact) mass is 161 g/mol.